The Morgan fingerprint density at radius 3 is 2.76 bits per heavy atom. The zero-order valence-electron chi connectivity index (χ0n) is 12.5. The van der Waals surface area contributed by atoms with Crippen LogP contribution in [0.15, 0.2) is 31.0 Å². The van der Waals surface area contributed by atoms with E-state index in [0.717, 1.165) is 51.6 Å². The van der Waals surface area contributed by atoms with Crippen molar-refractivity contribution in [2.24, 2.45) is 0 Å². The Morgan fingerprint density at radius 1 is 1.10 bits per heavy atom. The molecular weight excluding hydrogens is 264 g/mol. The Morgan fingerprint density at radius 2 is 1.95 bits per heavy atom. The number of nitrogens with zero attached hydrogens (tertiary/aromatic N) is 6. The fourth-order valence-corrected chi connectivity index (χ4v) is 2.78. The summed E-state index contributed by atoms with van der Waals surface area (Å²) in [5.41, 5.74) is 1.29. The van der Waals surface area contributed by atoms with Crippen molar-refractivity contribution >= 4 is 5.95 Å². The molecule has 0 spiro atoms. The Hall–Kier alpha value is -1.95. The molecule has 0 N–H and O–H groups in total. The number of hydrogen-bond acceptors (Lipinski definition) is 5. The Bertz CT molecular complexity index is 552. The molecule has 6 heteroatoms. The zero-order chi connectivity index (χ0) is 14.5. The fourth-order valence-electron chi connectivity index (χ4n) is 2.78. The van der Waals surface area contributed by atoms with E-state index >= 15 is 0 Å². The number of aryl methyl sites for hydroxylation is 1. The molecule has 3 rings (SSSR count). The predicted molar refractivity (Wildman–Crippen MR) is 82.0 cm³/mol. The largest absolute Gasteiger partial charge is 0.339 e. The van der Waals surface area contributed by atoms with E-state index in [1.807, 2.05) is 31.0 Å². The molecule has 1 aliphatic heterocycles. The normalized spacial score (nSPS) is 16.9. The van der Waals surface area contributed by atoms with Gasteiger partial charge in [0.15, 0.2) is 0 Å². The second kappa shape index (κ2) is 6.67. The second-order valence-electron chi connectivity index (χ2n) is 5.34. The Labute approximate surface area is 125 Å². The molecule has 0 saturated carbocycles. The van der Waals surface area contributed by atoms with Crippen LogP contribution in [0.2, 0.25) is 0 Å². The fraction of sp³-hybridized carbons (Fsp3) is 0.533. The number of anilines is 1. The molecule has 1 saturated heterocycles. The van der Waals surface area contributed by atoms with Gasteiger partial charge in [-0.25, -0.2) is 15.0 Å². The van der Waals surface area contributed by atoms with Gasteiger partial charge in [-0.15, -0.1) is 0 Å². The molecular formula is C15H22N6. The van der Waals surface area contributed by atoms with Gasteiger partial charge in [-0.2, -0.15) is 0 Å². The molecule has 0 bridgehead atoms. The Kier molecular flexibility index (Phi) is 4.45. The maximum absolute atomic E-state index is 4.35. The molecule has 0 aromatic carbocycles. The highest BCUT2D eigenvalue weighted by Crippen LogP contribution is 2.12. The topological polar surface area (TPSA) is 50.1 Å². The molecule has 112 valence electrons. The minimum absolute atomic E-state index is 0.845. The average molecular weight is 286 g/mol. The first-order chi connectivity index (χ1) is 10.4. The maximum Gasteiger partial charge on any atom is 0.225 e. The maximum atomic E-state index is 4.35. The van der Waals surface area contributed by atoms with Crippen molar-refractivity contribution in [1.29, 1.82) is 0 Å². The molecule has 1 aliphatic rings. The van der Waals surface area contributed by atoms with Gasteiger partial charge in [0.2, 0.25) is 5.95 Å². The van der Waals surface area contributed by atoms with E-state index in [4.69, 9.17) is 0 Å². The van der Waals surface area contributed by atoms with Crippen LogP contribution in [0.5, 0.6) is 0 Å². The molecule has 6 nitrogen and oxygen atoms in total. The number of imidazole rings is 1. The summed E-state index contributed by atoms with van der Waals surface area (Å²) in [6.45, 7) is 8.25. The Balaban J connectivity index is 1.61. The van der Waals surface area contributed by atoms with Crippen LogP contribution in [0.1, 0.15) is 19.0 Å². The lowest BCUT2D eigenvalue weighted by molar-refractivity contribution is 0.278. The van der Waals surface area contributed by atoms with Crippen molar-refractivity contribution in [1.82, 2.24) is 24.4 Å². The second-order valence-corrected chi connectivity index (χ2v) is 5.34. The van der Waals surface area contributed by atoms with Gasteiger partial charge in [0, 0.05) is 57.9 Å². The van der Waals surface area contributed by atoms with Gasteiger partial charge in [0.25, 0.3) is 0 Å². The van der Waals surface area contributed by atoms with Gasteiger partial charge in [-0.3, -0.25) is 4.90 Å². The summed E-state index contributed by atoms with van der Waals surface area (Å²) in [5.74, 6) is 0.845. The van der Waals surface area contributed by atoms with Gasteiger partial charge in [-0.1, -0.05) is 0 Å². The molecule has 0 aliphatic carbocycles. The first-order valence-corrected chi connectivity index (χ1v) is 7.60. The predicted octanol–water partition coefficient (Wildman–Crippen LogP) is 1.41. The standard InChI is InChI=1S/C15H22N6/c1-2-20-13-16-11-14(20)12-19-7-4-8-21(10-9-19)15-17-5-3-6-18-15/h3,5-6,11,13H,2,4,7-10,12H2,1H3. The average Bonchev–Trinajstić information content (AvgIpc) is 2.84. The van der Waals surface area contributed by atoms with Crippen LogP contribution in [-0.2, 0) is 13.1 Å². The first-order valence-electron chi connectivity index (χ1n) is 7.60. The van der Waals surface area contributed by atoms with E-state index in [-0.39, 0.29) is 0 Å². The van der Waals surface area contributed by atoms with Crippen molar-refractivity contribution in [2.75, 3.05) is 31.1 Å². The molecule has 21 heavy (non-hydrogen) atoms. The van der Waals surface area contributed by atoms with E-state index < -0.39 is 0 Å². The van der Waals surface area contributed by atoms with Crippen LogP contribution in [0.4, 0.5) is 5.95 Å². The minimum atomic E-state index is 0.845. The highest BCUT2D eigenvalue weighted by Gasteiger charge is 2.17. The SMILES string of the molecule is CCn1cncc1CN1CCCN(c2ncccn2)CC1. The summed E-state index contributed by atoms with van der Waals surface area (Å²) in [4.78, 5) is 17.7. The highest BCUT2D eigenvalue weighted by atomic mass is 15.3. The lowest BCUT2D eigenvalue weighted by Crippen LogP contribution is -2.31. The van der Waals surface area contributed by atoms with E-state index in [9.17, 15) is 0 Å². The van der Waals surface area contributed by atoms with Crippen LogP contribution in [0, 0.1) is 0 Å². The third-order valence-electron chi connectivity index (χ3n) is 3.95. The van der Waals surface area contributed by atoms with E-state index in [1.165, 1.54) is 5.69 Å². The summed E-state index contributed by atoms with van der Waals surface area (Å²) < 4.78 is 2.21. The summed E-state index contributed by atoms with van der Waals surface area (Å²) in [6.07, 6.45) is 8.65. The monoisotopic (exact) mass is 286 g/mol. The van der Waals surface area contributed by atoms with Gasteiger partial charge < -0.3 is 9.47 Å². The third kappa shape index (κ3) is 3.39. The molecule has 0 atom stereocenters. The van der Waals surface area contributed by atoms with Gasteiger partial charge in [-0.05, 0) is 19.4 Å². The lowest BCUT2D eigenvalue weighted by atomic mass is 10.3. The summed E-state index contributed by atoms with van der Waals surface area (Å²) in [7, 11) is 0. The number of rotatable bonds is 4. The minimum Gasteiger partial charge on any atom is -0.339 e. The van der Waals surface area contributed by atoms with Gasteiger partial charge >= 0.3 is 0 Å². The highest BCUT2D eigenvalue weighted by molar-refractivity contribution is 5.28. The smallest absolute Gasteiger partial charge is 0.225 e. The number of aromatic nitrogens is 4. The molecule has 2 aromatic rings. The van der Waals surface area contributed by atoms with Crippen molar-refractivity contribution in [3.63, 3.8) is 0 Å². The van der Waals surface area contributed by atoms with E-state index in [2.05, 4.69) is 36.2 Å². The van der Waals surface area contributed by atoms with Crippen LogP contribution in [0.3, 0.4) is 0 Å². The van der Waals surface area contributed by atoms with Crippen LogP contribution < -0.4 is 4.90 Å². The van der Waals surface area contributed by atoms with Crippen molar-refractivity contribution in [3.05, 3.63) is 36.7 Å². The van der Waals surface area contributed by atoms with E-state index in [1.54, 1.807) is 0 Å². The van der Waals surface area contributed by atoms with Crippen molar-refractivity contribution < 1.29 is 0 Å². The van der Waals surface area contributed by atoms with Crippen LogP contribution in [-0.4, -0.2) is 50.6 Å². The summed E-state index contributed by atoms with van der Waals surface area (Å²) in [6, 6.07) is 1.86. The van der Waals surface area contributed by atoms with Crippen molar-refractivity contribution in [2.45, 2.75) is 26.4 Å². The molecule has 3 heterocycles. The third-order valence-corrected chi connectivity index (χ3v) is 3.95. The van der Waals surface area contributed by atoms with Gasteiger partial charge in [0.1, 0.15) is 0 Å². The van der Waals surface area contributed by atoms with Crippen LogP contribution >= 0.6 is 0 Å². The van der Waals surface area contributed by atoms with E-state index in [0.29, 0.717) is 0 Å². The van der Waals surface area contributed by atoms with Crippen LogP contribution in [0.25, 0.3) is 0 Å². The zero-order valence-corrected chi connectivity index (χ0v) is 12.5. The quantitative estimate of drug-likeness (QED) is 0.850. The number of hydrogen-bond donors (Lipinski definition) is 0. The summed E-state index contributed by atoms with van der Waals surface area (Å²) >= 11 is 0. The van der Waals surface area contributed by atoms with Gasteiger partial charge in [0.05, 0.1) is 12.0 Å². The molecule has 2 aromatic heterocycles. The first kappa shape index (κ1) is 14.0. The molecule has 1 fully saturated rings. The molecule has 0 radical (unpaired) electrons. The molecule has 0 unspecified atom stereocenters. The van der Waals surface area contributed by atoms with Crippen molar-refractivity contribution in [3.8, 4) is 0 Å². The lowest BCUT2D eigenvalue weighted by Gasteiger charge is -2.22. The molecule has 0 amide bonds. The summed E-state index contributed by atoms with van der Waals surface area (Å²) in [5, 5.41) is 0.